The van der Waals surface area contributed by atoms with Crippen LogP contribution in [-0.4, -0.2) is 39.5 Å². The van der Waals surface area contributed by atoms with Gasteiger partial charge in [-0.1, -0.05) is 11.3 Å². The van der Waals surface area contributed by atoms with Crippen molar-refractivity contribution in [1.82, 2.24) is 19.7 Å². The number of nitrogens with one attached hydrogen (secondary N) is 1. The molecule has 0 amide bonds. The molecule has 8 heteroatoms. The molecule has 1 aliphatic heterocycles. The monoisotopic (exact) mass is 435 g/mol. The highest BCUT2D eigenvalue weighted by Gasteiger charge is 2.14. The van der Waals surface area contributed by atoms with Crippen LogP contribution in [0.1, 0.15) is 19.3 Å². The first-order valence-corrected chi connectivity index (χ1v) is 11.4. The fraction of sp³-hybridized carbons (Fsp3) is 0.348. The molecule has 1 aliphatic rings. The van der Waals surface area contributed by atoms with Crippen molar-refractivity contribution in [3.8, 4) is 22.8 Å². The van der Waals surface area contributed by atoms with Crippen molar-refractivity contribution in [2.75, 3.05) is 25.1 Å². The molecule has 31 heavy (non-hydrogen) atoms. The summed E-state index contributed by atoms with van der Waals surface area (Å²) in [5.41, 5.74) is 2.78. The highest BCUT2D eigenvalue weighted by Crippen LogP contribution is 2.32. The van der Waals surface area contributed by atoms with E-state index in [9.17, 15) is 0 Å². The molecule has 7 nitrogen and oxygen atoms in total. The molecule has 1 saturated heterocycles. The minimum Gasteiger partial charge on any atom is -0.457 e. The van der Waals surface area contributed by atoms with Crippen molar-refractivity contribution in [2.45, 2.75) is 19.3 Å². The predicted octanol–water partition coefficient (Wildman–Crippen LogP) is 5.11. The summed E-state index contributed by atoms with van der Waals surface area (Å²) in [6, 6.07) is 9.80. The SMILES string of the molecule is Cn1cc(-c2cc(Oc3ccc4nc(NCCC5CCOCC5)sc4c3)ccn2)cn1. The van der Waals surface area contributed by atoms with Crippen LogP contribution in [0.5, 0.6) is 11.5 Å². The van der Waals surface area contributed by atoms with Gasteiger partial charge in [-0.3, -0.25) is 9.67 Å². The molecule has 4 aromatic rings. The number of benzene rings is 1. The standard InChI is InChI=1S/C23H25N5O2S/c1-28-15-17(14-26-28)21-12-19(5-9-24-21)30-18-2-3-20-22(13-18)31-23(27-20)25-8-4-16-6-10-29-11-7-16/h2-3,5,9,12-16H,4,6-8,10-11H2,1H3,(H,25,27). The van der Waals surface area contributed by atoms with E-state index in [4.69, 9.17) is 14.5 Å². The van der Waals surface area contributed by atoms with Crippen molar-refractivity contribution < 1.29 is 9.47 Å². The van der Waals surface area contributed by atoms with Gasteiger partial charge in [0, 0.05) is 56.9 Å². The maximum absolute atomic E-state index is 6.10. The highest BCUT2D eigenvalue weighted by molar-refractivity contribution is 7.22. The lowest BCUT2D eigenvalue weighted by molar-refractivity contribution is 0.0649. The summed E-state index contributed by atoms with van der Waals surface area (Å²) in [7, 11) is 1.89. The van der Waals surface area contributed by atoms with Crippen LogP contribution < -0.4 is 10.1 Å². The zero-order valence-corrected chi connectivity index (χ0v) is 18.3. The van der Waals surface area contributed by atoms with Crippen molar-refractivity contribution in [1.29, 1.82) is 0 Å². The van der Waals surface area contributed by atoms with Gasteiger partial charge >= 0.3 is 0 Å². The molecule has 3 aromatic heterocycles. The van der Waals surface area contributed by atoms with Gasteiger partial charge in [-0.15, -0.1) is 0 Å². The molecule has 0 bridgehead atoms. The highest BCUT2D eigenvalue weighted by atomic mass is 32.1. The molecular formula is C23H25N5O2S. The van der Waals surface area contributed by atoms with E-state index >= 15 is 0 Å². The van der Waals surface area contributed by atoms with Crippen LogP contribution in [0, 0.1) is 5.92 Å². The first-order chi connectivity index (χ1) is 15.2. The van der Waals surface area contributed by atoms with E-state index in [-0.39, 0.29) is 0 Å². The van der Waals surface area contributed by atoms with Crippen LogP contribution in [-0.2, 0) is 11.8 Å². The molecule has 1 aromatic carbocycles. The topological polar surface area (TPSA) is 74.1 Å². The van der Waals surface area contributed by atoms with Gasteiger partial charge in [-0.25, -0.2) is 4.98 Å². The fourth-order valence-electron chi connectivity index (χ4n) is 3.78. The molecule has 0 saturated carbocycles. The van der Waals surface area contributed by atoms with E-state index in [0.29, 0.717) is 0 Å². The Kier molecular flexibility index (Phi) is 5.82. The van der Waals surface area contributed by atoms with Crippen LogP contribution in [0.3, 0.4) is 0 Å². The fourth-order valence-corrected chi connectivity index (χ4v) is 4.70. The number of pyridine rings is 1. The Morgan fingerprint density at radius 1 is 1.19 bits per heavy atom. The first-order valence-electron chi connectivity index (χ1n) is 10.6. The largest absolute Gasteiger partial charge is 0.457 e. The second-order valence-corrected chi connectivity index (χ2v) is 8.83. The van der Waals surface area contributed by atoms with Gasteiger partial charge in [0.25, 0.3) is 0 Å². The molecule has 1 fully saturated rings. The van der Waals surface area contributed by atoms with Crippen molar-refractivity contribution in [3.63, 3.8) is 0 Å². The zero-order chi connectivity index (χ0) is 21.0. The average Bonchev–Trinajstić information content (AvgIpc) is 3.40. The van der Waals surface area contributed by atoms with E-state index in [0.717, 1.165) is 70.2 Å². The molecule has 0 unspecified atom stereocenters. The number of aromatic nitrogens is 4. The number of aryl methyl sites for hydroxylation is 1. The van der Waals surface area contributed by atoms with Gasteiger partial charge in [0.15, 0.2) is 5.13 Å². The number of anilines is 1. The molecule has 5 rings (SSSR count). The summed E-state index contributed by atoms with van der Waals surface area (Å²) >= 11 is 1.66. The maximum Gasteiger partial charge on any atom is 0.183 e. The van der Waals surface area contributed by atoms with Gasteiger partial charge in [-0.2, -0.15) is 5.10 Å². The van der Waals surface area contributed by atoms with E-state index in [1.54, 1.807) is 28.4 Å². The number of hydrogen-bond acceptors (Lipinski definition) is 7. The third kappa shape index (κ3) is 4.86. The summed E-state index contributed by atoms with van der Waals surface area (Å²) < 4.78 is 14.4. The zero-order valence-electron chi connectivity index (χ0n) is 17.5. The number of ether oxygens (including phenoxy) is 2. The number of fused-ring (bicyclic) bond motifs is 1. The average molecular weight is 436 g/mol. The van der Waals surface area contributed by atoms with Crippen molar-refractivity contribution >= 4 is 26.7 Å². The molecule has 0 atom stereocenters. The molecule has 0 aliphatic carbocycles. The van der Waals surface area contributed by atoms with Gasteiger partial charge < -0.3 is 14.8 Å². The van der Waals surface area contributed by atoms with Gasteiger partial charge in [0.05, 0.1) is 22.1 Å². The summed E-state index contributed by atoms with van der Waals surface area (Å²) in [6.07, 6.45) is 8.98. The van der Waals surface area contributed by atoms with Crippen LogP contribution >= 0.6 is 11.3 Å². The van der Waals surface area contributed by atoms with Gasteiger partial charge in [0.1, 0.15) is 11.5 Å². The summed E-state index contributed by atoms with van der Waals surface area (Å²) in [5, 5.41) is 8.66. The Hall–Kier alpha value is -2.97. The normalized spacial score (nSPS) is 14.7. The molecule has 4 heterocycles. The van der Waals surface area contributed by atoms with Gasteiger partial charge in [0.2, 0.25) is 0 Å². The maximum atomic E-state index is 6.10. The smallest absolute Gasteiger partial charge is 0.183 e. The quantitative estimate of drug-likeness (QED) is 0.435. The van der Waals surface area contributed by atoms with Crippen LogP contribution in [0.15, 0.2) is 48.9 Å². The Labute approximate surface area is 185 Å². The Morgan fingerprint density at radius 2 is 2.06 bits per heavy atom. The summed E-state index contributed by atoms with van der Waals surface area (Å²) in [5.74, 6) is 2.29. The third-order valence-electron chi connectivity index (χ3n) is 5.50. The van der Waals surface area contributed by atoms with Crippen molar-refractivity contribution in [3.05, 3.63) is 48.9 Å². The predicted molar refractivity (Wildman–Crippen MR) is 123 cm³/mol. The van der Waals surface area contributed by atoms with E-state index < -0.39 is 0 Å². The van der Waals surface area contributed by atoms with Crippen LogP contribution in [0.2, 0.25) is 0 Å². The third-order valence-corrected chi connectivity index (χ3v) is 6.47. The lowest BCUT2D eigenvalue weighted by Crippen LogP contribution is -2.18. The van der Waals surface area contributed by atoms with E-state index in [1.807, 2.05) is 43.6 Å². The van der Waals surface area contributed by atoms with E-state index in [1.165, 1.54) is 12.8 Å². The van der Waals surface area contributed by atoms with Crippen molar-refractivity contribution in [2.24, 2.45) is 13.0 Å². The number of hydrogen-bond donors (Lipinski definition) is 1. The van der Waals surface area contributed by atoms with Crippen LogP contribution in [0.25, 0.3) is 21.5 Å². The minimum absolute atomic E-state index is 0.743. The Balaban J connectivity index is 1.25. The lowest BCUT2D eigenvalue weighted by atomic mass is 9.97. The number of nitrogens with zero attached hydrogens (tertiary/aromatic N) is 4. The Morgan fingerprint density at radius 3 is 2.90 bits per heavy atom. The molecular weight excluding hydrogens is 410 g/mol. The molecule has 160 valence electrons. The first kappa shape index (κ1) is 20.0. The van der Waals surface area contributed by atoms with E-state index in [2.05, 4.69) is 15.4 Å². The summed E-state index contributed by atoms with van der Waals surface area (Å²) in [6.45, 7) is 2.74. The number of rotatable bonds is 7. The Bertz CT molecular complexity index is 1170. The molecule has 1 N–H and O–H groups in total. The molecule has 0 radical (unpaired) electrons. The second kappa shape index (κ2) is 9.03. The molecule has 0 spiro atoms. The number of thiazole rings is 1. The minimum atomic E-state index is 0.743. The second-order valence-electron chi connectivity index (χ2n) is 7.80. The summed E-state index contributed by atoms with van der Waals surface area (Å²) in [4.78, 5) is 9.13. The lowest BCUT2D eigenvalue weighted by Gasteiger charge is -2.21. The van der Waals surface area contributed by atoms with Crippen LogP contribution in [0.4, 0.5) is 5.13 Å². The van der Waals surface area contributed by atoms with Gasteiger partial charge in [-0.05, 0) is 43.4 Å².